The minimum Gasteiger partial charge on any atom is -0.493 e. The van der Waals surface area contributed by atoms with E-state index in [1.165, 1.54) is 6.08 Å². The van der Waals surface area contributed by atoms with Crippen LogP contribution in [0.5, 0.6) is 5.75 Å². The molecule has 0 aliphatic carbocycles. The fourth-order valence-electron chi connectivity index (χ4n) is 1.98. The molecule has 6 nitrogen and oxygen atoms in total. The lowest BCUT2D eigenvalue weighted by molar-refractivity contribution is -0.115. The third-order valence-electron chi connectivity index (χ3n) is 3.08. The molecular weight excluding hydrogens is 304 g/mol. The van der Waals surface area contributed by atoms with Gasteiger partial charge in [-0.05, 0) is 38.5 Å². The van der Waals surface area contributed by atoms with Gasteiger partial charge in [-0.3, -0.25) is 14.8 Å². The molecule has 130 valence electrons. The highest BCUT2D eigenvalue weighted by Crippen LogP contribution is 2.21. The molecule has 24 heavy (non-hydrogen) atoms. The van der Waals surface area contributed by atoms with E-state index < -0.39 is 0 Å². The number of hydrogen-bond donors (Lipinski definition) is 2. The zero-order valence-corrected chi connectivity index (χ0v) is 14.8. The van der Waals surface area contributed by atoms with Gasteiger partial charge in [-0.15, -0.1) is 0 Å². The van der Waals surface area contributed by atoms with Crippen LogP contribution in [0.4, 0.5) is 5.69 Å². The van der Waals surface area contributed by atoms with Crippen molar-refractivity contribution in [1.82, 2.24) is 5.32 Å². The molecular formula is C18H26N4O2. The summed E-state index contributed by atoms with van der Waals surface area (Å²) in [6, 6.07) is 5.24. The van der Waals surface area contributed by atoms with Crippen LogP contribution in [0.2, 0.25) is 0 Å². The standard InChI is InChI=1S/C18H26N4O2/c1-5-7-10-21-13(3)11-17(23)22-18(20-4)15-12-14(19)8-9-16(15)24-6-2/h8-12H,5-7,19H2,1-4H3,(H,20,22,23)/b13-11+,21-10+. The summed E-state index contributed by atoms with van der Waals surface area (Å²) >= 11 is 0. The molecule has 0 radical (unpaired) electrons. The van der Waals surface area contributed by atoms with E-state index in [1.807, 2.05) is 6.92 Å². The molecule has 0 aliphatic rings. The van der Waals surface area contributed by atoms with Crippen molar-refractivity contribution in [1.29, 1.82) is 0 Å². The van der Waals surface area contributed by atoms with Crippen molar-refractivity contribution in [2.75, 3.05) is 19.4 Å². The monoisotopic (exact) mass is 330 g/mol. The number of carbonyl (C=O) groups excluding carboxylic acids is 1. The van der Waals surface area contributed by atoms with Gasteiger partial charge in [0, 0.05) is 30.7 Å². The van der Waals surface area contributed by atoms with Gasteiger partial charge in [-0.2, -0.15) is 0 Å². The number of benzene rings is 1. The number of nitrogen functional groups attached to an aromatic ring is 1. The van der Waals surface area contributed by atoms with E-state index in [2.05, 4.69) is 22.2 Å². The average Bonchev–Trinajstić information content (AvgIpc) is 2.54. The van der Waals surface area contributed by atoms with E-state index in [0.717, 1.165) is 12.8 Å². The number of nitrogens with one attached hydrogen (secondary N) is 1. The maximum atomic E-state index is 12.2. The molecule has 1 aromatic rings. The maximum absolute atomic E-state index is 12.2. The first-order valence-electron chi connectivity index (χ1n) is 8.03. The Balaban J connectivity index is 2.94. The number of unbranched alkanes of at least 4 members (excludes halogenated alkanes) is 1. The zero-order valence-electron chi connectivity index (χ0n) is 14.8. The first-order chi connectivity index (χ1) is 11.5. The van der Waals surface area contributed by atoms with Crippen LogP contribution in [0.1, 0.15) is 39.2 Å². The van der Waals surface area contributed by atoms with Crippen molar-refractivity contribution in [3.05, 3.63) is 35.5 Å². The summed E-state index contributed by atoms with van der Waals surface area (Å²) in [5.41, 5.74) is 7.69. The maximum Gasteiger partial charge on any atom is 0.251 e. The molecule has 0 atom stereocenters. The molecule has 0 aliphatic heterocycles. The fraction of sp³-hybridized carbons (Fsp3) is 0.389. The number of amides is 1. The summed E-state index contributed by atoms with van der Waals surface area (Å²) in [6.45, 7) is 6.25. The second kappa shape index (κ2) is 10.2. The Kier molecular flexibility index (Phi) is 8.25. The van der Waals surface area contributed by atoms with Gasteiger partial charge in [-0.25, -0.2) is 0 Å². The third kappa shape index (κ3) is 6.24. The molecule has 0 saturated heterocycles. The molecule has 0 unspecified atom stereocenters. The first kappa shape index (κ1) is 19.4. The van der Waals surface area contributed by atoms with Crippen LogP contribution >= 0.6 is 0 Å². The molecule has 6 heteroatoms. The van der Waals surface area contributed by atoms with Gasteiger partial charge in [0.2, 0.25) is 0 Å². The molecule has 1 rings (SSSR count). The summed E-state index contributed by atoms with van der Waals surface area (Å²) < 4.78 is 5.58. The van der Waals surface area contributed by atoms with Crippen LogP contribution < -0.4 is 15.8 Å². The highest BCUT2D eigenvalue weighted by molar-refractivity contribution is 6.12. The minimum absolute atomic E-state index is 0.299. The van der Waals surface area contributed by atoms with E-state index in [1.54, 1.807) is 38.4 Å². The van der Waals surface area contributed by atoms with E-state index >= 15 is 0 Å². The smallest absolute Gasteiger partial charge is 0.251 e. The molecule has 0 heterocycles. The van der Waals surface area contributed by atoms with Crippen LogP contribution in [0.25, 0.3) is 0 Å². The van der Waals surface area contributed by atoms with Crippen molar-refractivity contribution < 1.29 is 9.53 Å². The number of aliphatic imine (C=N–C) groups is 2. The van der Waals surface area contributed by atoms with Gasteiger partial charge in [0.05, 0.1) is 12.2 Å². The summed E-state index contributed by atoms with van der Waals surface area (Å²) in [5.74, 6) is 0.721. The normalized spacial score (nSPS) is 12.5. The predicted octanol–water partition coefficient (Wildman–Crippen LogP) is 2.93. The number of nitrogens with zero attached hydrogens (tertiary/aromatic N) is 2. The van der Waals surface area contributed by atoms with Gasteiger partial charge in [0.25, 0.3) is 5.91 Å². The Hall–Kier alpha value is -2.63. The van der Waals surface area contributed by atoms with Gasteiger partial charge in [-0.1, -0.05) is 13.3 Å². The number of carbonyl (C=O) groups is 1. The number of hydrogen-bond acceptors (Lipinski definition) is 5. The zero-order chi connectivity index (χ0) is 17.9. The van der Waals surface area contributed by atoms with Crippen molar-refractivity contribution in [2.45, 2.75) is 33.6 Å². The van der Waals surface area contributed by atoms with Crippen LogP contribution in [0, 0.1) is 0 Å². The molecule has 1 aromatic carbocycles. The van der Waals surface area contributed by atoms with Crippen molar-refractivity contribution in [3.63, 3.8) is 0 Å². The summed E-state index contributed by atoms with van der Waals surface area (Å²) in [4.78, 5) is 20.5. The van der Waals surface area contributed by atoms with E-state index in [0.29, 0.717) is 35.1 Å². The van der Waals surface area contributed by atoms with Crippen LogP contribution in [-0.4, -0.2) is 31.6 Å². The lowest BCUT2D eigenvalue weighted by Gasteiger charge is -2.13. The molecule has 1 amide bonds. The Bertz CT molecular complexity index is 648. The van der Waals surface area contributed by atoms with Gasteiger partial charge >= 0.3 is 0 Å². The van der Waals surface area contributed by atoms with Gasteiger partial charge in [0.15, 0.2) is 0 Å². The van der Waals surface area contributed by atoms with E-state index in [9.17, 15) is 4.79 Å². The second-order valence-electron chi connectivity index (χ2n) is 5.14. The van der Waals surface area contributed by atoms with Crippen LogP contribution in [-0.2, 0) is 4.79 Å². The Labute approximate surface area is 143 Å². The SMILES string of the molecule is CCC/C=N/C(C)=C/C(=O)N/C(=N\C)c1cc(N)ccc1OCC. The third-order valence-corrected chi connectivity index (χ3v) is 3.08. The number of ether oxygens (including phenoxy) is 1. The number of anilines is 1. The van der Waals surface area contributed by atoms with Gasteiger partial charge < -0.3 is 15.8 Å². The first-order valence-corrected chi connectivity index (χ1v) is 8.03. The summed E-state index contributed by atoms with van der Waals surface area (Å²) in [5, 5.41) is 2.76. The lowest BCUT2D eigenvalue weighted by atomic mass is 10.1. The highest BCUT2D eigenvalue weighted by Gasteiger charge is 2.13. The second-order valence-corrected chi connectivity index (χ2v) is 5.14. The van der Waals surface area contributed by atoms with Crippen LogP contribution in [0.15, 0.2) is 40.0 Å². The summed E-state index contributed by atoms with van der Waals surface area (Å²) in [7, 11) is 1.60. The fourth-order valence-corrected chi connectivity index (χ4v) is 1.98. The molecule has 0 bridgehead atoms. The van der Waals surface area contributed by atoms with Crippen molar-refractivity contribution >= 4 is 23.6 Å². The van der Waals surface area contributed by atoms with E-state index in [-0.39, 0.29) is 5.91 Å². The number of allylic oxidation sites excluding steroid dienone is 1. The average molecular weight is 330 g/mol. The lowest BCUT2D eigenvalue weighted by Crippen LogP contribution is -2.30. The summed E-state index contributed by atoms with van der Waals surface area (Å²) in [6.07, 6.45) is 5.14. The largest absolute Gasteiger partial charge is 0.493 e. The quantitative estimate of drug-likeness (QED) is 0.349. The molecule has 0 saturated carbocycles. The van der Waals surface area contributed by atoms with E-state index in [4.69, 9.17) is 10.5 Å². The molecule has 0 fully saturated rings. The molecule has 0 spiro atoms. The number of amidine groups is 1. The van der Waals surface area contributed by atoms with Gasteiger partial charge in [0.1, 0.15) is 11.6 Å². The highest BCUT2D eigenvalue weighted by atomic mass is 16.5. The van der Waals surface area contributed by atoms with Crippen molar-refractivity contribution in [2.24, 2.45) is 9.98 Å². The number of rotatable bonds is 7. The van der Waals surface area contributed by atoms with Crippen molar-refractivity contribution in [3.8, 4) is 5.75 Å². The van der Waals surface area contributed by atoms with Crippen LogP contribution in [0.3, 0.4) is 0 Å². The number of nitrogens with two attached hydrogens (primary N) is 1. The topological polar surface area (TPSA) is 89.1 Å². The molecule has 3 N–H and O–H groups in total. The Morgan fingerprint density at radius 3 is 2.75 bits per heavy atom. The molecule has 0 aromatic heterocycles. The Morgan fingerprint density at radius 1 is 1.38 bits per heavy atom. The minimum atomic E-state index is -0.299. The predicted molar refractivity (Wildman–Crippen MR) is 99.8 cm³/mol. The Morgan fingerprint density at radius 2 is 2.12 bits per heavy atom.